The number of aromatic nitrogens is 2. The molecule has 2 aliphatic rings. The molecule has 9 heteroatoms. The Morgan fingerprint density at radius 2 is 1.74 bits per heavy atom. The van der Waals surface area contributed by atoms with Crippen LogP contribution in [-0.2, 0) is 6.18 Å². The fourth-order valence-corrected chi connectivity index (χ4v) is 5.43. The number of nitrogens with zero attached hydrogens (tertiary/aromatic N) is 4. The molecule has 6 nitrogen and oxygen atoms in total. The van der Waals surface area contributed by atoms with Crippen molar-refractivity contribution >= 4 is 22.3 Å². The van der Waals surface area contributed by atoms with Crippen LogP contribution in [-0.4, -0.2) is 47.3 Å². The number of fused-ring (bicyclic) bond motifs is 3. The molecule has 3 N–H and O–H groups in total. The first-order chi connectivity index (χ1) is 16.1. The Hall–Kier alpha value is -2.91. The summed E-state index contributed by atoms with van der Waals surface area (Å²) in [7, 11) is 2.21. The Bertz CT molecular complexity index is 1210. The number of anilines is 2. The number of nitrogens with one attached hydrogen (secondary N) is 1. The summed E-state index contributed by atoms with van der Waals surface area (Å²) < 4.78 is 40.2. The van der Waals surface area contributed by atoms with Gasteiger partial charge >= 0.3 is 6.18 Å². The van der Waals surface area contributed by atoms with E-state index in [1.54, 1.807) is 6.07 Å². The number of nitrogens with two attached hydrogens (primary N) is 1. The molecule has 180 valence electrons. The van der Waals surface area contributed by atoms with Gasteiger partial charge in [0.05, 0.1) is 11.3 Å². The zero-order valence-electron chi connectivity index (χ0n) is 19.5. The summed E-state index contributed by atoms with van der Waals surface area (Å²) in [6.07, 6.45) is -2.88. The number of alkyl halides is 3. The van der Waals surface area contributed by atoms with E-state index in [0.717, 1.165) is 41.3 Å². The monoisotopic (exact) mass is 470 g/mol. The summed E-state index contributed by atoms with van der Waals surface area (Å²) in [6.45, 7) is 5.29. The van der Waals surface area contributed by atoms with Crippen molar-refractivity contribution in [2.75, 3.05) is 30.4 Å². The molecule has 0 spiro atoms. The van der Waals surface area contributed by atoms with Crippen LogP contribution in [0.2, 0.25) is 0 Å². The highest BCUT2D eigenvalue weighted by molar-refractivity contribution is 5.95. The lowest BCUT2D eigenvalue weighted by Crippen LogP contribution is -2.52. The van der Waals surface area contributed by atoms with Crippen LogP contribution < -0.4 is 16.0 Å². The minimum atomic E-state index is -4.44. The van der Waals surface area contributed by atoms with E-state index in [-0.39, 0.29) is 5.56 Å². The quantitative estimate of drug-likeness (QED) is 0.543. The van der Waals surface area contributed by atoms with Crippen LogP contribution in [0.3, 0.4) is 0 Å². The van der Waals surface area contributed by atoms with Crippen LogP contribution in [0.25, 0.3) is 10.8 Å². The van der Waals surface area contributed by atoms with Crippen LogP contribution in [0.4, 0.5) is 24.7 Å². The second-order valence-corrected chi connectivity index (χ2v) is 9.46. The molecule has 0 radical (unpaired) electrons. The van der Waals surface area contributed by atoms with Crippen LogP contribution in [0, 0.1) is 13.8 Å². The third-order valence-corrected chi connectivity index (χ3v) is 7.47. The molecule has 2 unspecified atom stereocenters. The molecular weight excluding hydrogens is 441 g/mol. The number of aryl methyl sites for hydroxylation is 1. The number of rotatable bonds is 4. The van der Waals surface area contributed by atoms with Crippen molar-refractivity contribution in [3.05, 3.63) is 58.8 Å². The lowest BCUT2D eigenvalue weighted by Gasteiger charge is -2.40. The molecule has 2 aliphatic heterocycles. The summed E-state index contributed by atoms with van der Waals surface area (Å²) in [5, 5.41) is 13.5. The van der Waals surface area contributed by atoms with Gasteiger partial charge in [-0.15, -0.1) is 5.10 Å². The van der Waals surface area contributed by atoms with E-state index in [4.69, 9.17) is 5.73 Å². The van der Waals surface area contributed by atoms with Gasteiger partial charge in [0.15, 0.2) is 5.82 Å². The van der Waals surface area contributed by atoms with Crippen molar-refractivity contribution in [1.82, 2.24) is 15.1 Å². The van der Waals surface area contributed by atoms with E-state index in [2.05, 4.69) is 44.5 Å². The first-order valence-corrected chi connectivity index (χ1v) is 11.6. The standard InChI is InChI=1S/C25H29F3N6/c1-14-19(5-4-6-22(14)25(26,27)28)23(29)30-24-21-11-16(9-10-20(21)15(2)31-32-24)34-12-17-7-8-18(13-34)33(17)3/h4-6,9-11,17-18,23H,7-8,12-13,29H2,1-3H3,(H,30,32)/t17?,18?,23-/m0/s1. The maximum absolute atomic E-state index is 13.4. The Kier molecular flexibility index (Phi) is 5.64. The lowest BCUT2D eigenvalue weighted by molar-refractivity contribution is -0.138. The maximum atomic E-state index is 13.4. The average Bonchev–Trinajstić information content (AvgIpc) is 2.99. The first-order valence-electron chi connectivity index (χ1n) is 11.6. The Morgan fingerprint density at radius 1 is 1.03 bits per heavy atom. The molecule has 34 heavy (non-hydrogen) atoms. The molecule has 5 rings (SSSR count). The molecular formula is C25H29F3N6. The Morgan fingerprint density at radius 3 is 2.41 bits per heavy atom. The third-order valence-electron chi connectivity index (χ3n) is 7.47. The van der Waals surface area contributed by atoms with Crippen LogP contribution >= 0.6 is 0 Å². The van der Waals surface area contributed by atoms with E-state index >= 15 is 0 Å². The van der Waals surface area contributed by atoms with Gasteiger partial charge < -0.3 is 16.0 Å². The van der Waals surface area contributed by atoms with E-state index in [1.807, 2.05) is 13.0 Å². The Labute approximate surface area is 196 Å². The van der Waals surface area contributed by atoms with E-state index < -0.39 is 17.9 Å². The largest absolute Gasteiger partial charge is 0.416 e. The molecule has 2 bridgehead atoms. The highest BCUT2D eigenvalue weighted by atomic mass is 19.4. The predicted octanol–water partition coefficient (Wildman–Crippen LogP) is 4.62. The van der Waals surface area contributed by atoms with Crippen molar-refractivity contribution < 1.29 is 13.2 Å². The van der Waals surface area contributed by atoms with Crippen molar-refractivity contribution in [3.63, 3.8) is 0 Å². The highest BCUT2D eigenvalue weighted by Crippen LogP contribution is 2.36. The smallest absolute Gasteiger partial charge is 0.368 e. The molecule has 1 aromatic heterocycles. The van der Waals surface area contributed by atoms with Gasteiger partial charge in [0.25, 0.3) is 0 Å². The number of piperazine rings is 1. The molecule has 3 heterocycles. The summed E-state index contributed by atoms with van der Waals surface area (Å²) in [6, 6.07) is 11.4. The van der Waals surface area contributed by atoms with Gasteiger partial charge in [-0.3, -0.25) is 4.90 Å². The van der Waals surface area contributed by atoms with Gasteiger partial charge in [0.2, 0.25) is 0 Å². The van der Waals surface area contributed by atoms with Gasteiger partial charge in [-0.25, -0.2) is 0 Å². The topological polar surface area (TPSA) is 70.3 Å². The summed E-state index contributed by atoms with van der Waals surface area (Å²) in [5.41, 5.74) is 8.03. The SMILES string of the molecule is Cc1c([C@@H](N)Nc2nnc(C)c3ccc(N4CC5CCC(C4)N5C)cc23)cccc1C(F)(F)F. The van der Waals surface area contributed by atoms with Gasteiger partial charge in [-0.1, -0.05) is 18.2 Å². The molecule has 2 fully saturated rings. The molecule has 0 aliphatic carbocycles. The number of halogens is 3. The predicted molar refractivity (Wildman–Crippen MR) is 128 cm³/mol. The zero-order chi connectivity index (χ0) is 24.2. The number of hydrogen-bond donors (Lipinski definition) is 2. The maximum Gasteiger partial charge on any atom is 0.416 e. The molecule has 3 atom stereocenters. The zero-order valence-corrected chi connectivity index (χ0v) is 19.5. The van der Waals surface area contributed by atoms with Gasteiger partial charge in [0.1, 0.15) is 6.17 Å². The van der Waals surface area contributed by atoms with Crippen molar-refractivity contribution in [3.8, 4) is 0 Å². The fourth-order valence-electron chi connectivity index (χ4n) is 5.43. The second kappa shape index (κ2) is 8.39. The average molecular weight is 471 g/mol. The van der Waals surface area contributed by atoms with Crippen LogP contribution in [0.1, 0.15) is 41.4 Å². The molecule has 2 saturated heterocycles. The second-order valence-electron chi connectivity index (χ2n) is 9.46. The van der Waals surface area contributed by atoms with Crippen LogP contribution in [0.15, 0.2) is 36.4 Å². The van der Waals surface area contributed by atoms with Gasteiger partial charge in [-0.2, -0.15) is 18.3 Å². The summed E-state index contributed by atoms with van der Waals surface area (Å²) in [4.78, 5) is 4.90. The lowest BCUT2D eigenvalue weighted by atomic mass is 10.00. The van der Waals surface area contributed by atoms with Crippen LogP contribution in [0.5, 0.6) is 0 Å². The number of benzene rings is 2. The summed E-state index contributed by atoms with van der Waals surface area (Å²) >= 11 is 0. The molecule has 3 aromatic rings. The molecule has 0 saturated carbocycles. The van der Waals surface area contributed by atoms with E-state index in [1.165, 1.54) is 25.8 Å². The van der Waals surface area contributed by atoms with Crippen molar-refractivity contribution in [2.45, 2.75) is 51.1 Å². The first kappa shape index (κ1) is 22.9. The van der Waals surface area contributed by atoms with Gasteiger partial charge in [-0.05, 0) is 63.1 Å². The van der Waals surface area contributed by atoms with E-state index in [9.17, 15) is 13.2 Å². The van der Waals surface area contributed by atoms with E-state index in [0.29, 0.717) is 23.5 Å². The Balaban J connectivity index is 1.48. The third kappa shape index (κ3) is 3.96. The van der Waals surface area contributed by atoms with Crippen molar-refractivity contribution in [2.24, 2.45) is 5.73 Å². The minimum absolute atomic E-state index is 0.105. The minimum Gasteiger partial charge on any atom is -0.368 e. The fraction of sp³-hybridized carbons (Fsp3) is 0.440. The summed E-state index contributed by atoms with van der Waals surface area (Å²) in [5.74, 6) is 0.462. The molecule has 2 aromatic carbocycles. The normalized spacial score (nSPS) is 21.8. The van der Waals surface area contributed by atoms with Gasteiger partial charge in [0, 0.05) is 41.6 Å². The highest BCUT2D eigenvalue weighted by Gasteiger charge is 2.37. The van der Waals surface area contributed by atoms with Crippen molar-refractivity contribution in [1.29, 1.82) is 0 Å². The number of hydrogen-bond acceptors (Lipinski definition) is 6. The number of likely N-dealkylation sites (N-methyl/N-ethyl adjacent to an activating group) is 1. The molecule has 0 amide bonds.